The molecule has 118 valence electrons. The number of halogens is 3. The Balaban J connectivity index is 2.08. The van der Waals surface area contributed by atoms with Gasteiger partial charge in [-0.2, -0.15) is 13.2 Å². The zero-order chi connectivity index (χ0) is 15.7. The fourth-order valence-electron chi connectivity index (χ4n) is 2.43. The third-order valence-corrected chi connectivity index (χ3v) is 5.15. The SMILES string of the molecule is CS(=O)(=O)C1CCCC(Nc2nccc(C(F)(F)F)n2)C1. The molecular weight excluding hydrogens is 307 g/mol. The summed E-state index contributed by atoms with van der Waals surface area (Å²) < 4.78 is 60.8. The first kappa shape index (κ1) is 16.0. The van der Waals surface area contributed by atoms with Crippen LogP contribution in [0.1, 0.15) is 31.4 Å². The monoisotopic (exact) mass is 323 g/mol. The fourth-order valence-corrected chi connectivity index (χ4v) is 3.61. The van der Waals surface area contributed by atoms with Crippen LogP contribution < -0.4 is 5.32 Å². The average Bonchev–Trinajstić information content (AvgIpc) is 2.37. The van der Waals surface area contributed by atoms with Crippen LogP contribution >= 0.6 is 0 Å². The normalized spacial score (nSPS) is 23.8. The van der Waals surface area contributed by atoms with Crippen LogP contribution in [0.15, 0.2) is 12.3 Å². The Bertz CT molecular complexity index is 604. The molecule has 5 nitrogen and oxygen atoms in total. The largest absolute Gasteiger partial charge is 0.433 e. The lowest BCUT2D eigenvalue weighted by molar-refractivity contribution is -0.141. The third-order valence-electron chi connectivity index (χ3n) is 3.51. The quantitative estimate of drug-likeness (QED) is 0.924. The van der Waals surface area contributed by atoms with Crippen molar-refractivity contribution in [1.82, 2.24) is 9.97 Å². The molecule has 1 heterocycles. The van der Waals surface area contributed by atoms with Gasteiger partial charge < -0.3 is 5.32 Å². The van der Waals surface area contributed by atoms with E-state index in [9.17, 15) is 21.6 Å². The maximum Gasteiger partial charge on any atom is 0.433 e. The summed E-state index contributed by atoms with van der Waals surface area (Å²) in [5, 5.41) is 2.35. The lowest BCUT2D eigenvalue weighted by atomic mass is 9.95. The van der Waals surface area contributed by atoms with Gasteiger partial charge >= 0.3 is 6.18 Å². The first-order chi connectivity index (χ1) is 9.66. The smallest absolute Gasteiger partial charge is 0.351 e. The maximum atomic E-state index is 12.6. The van der Waals surface area contributed by atoms with Gasteiger partial charge in [-0.1, -0.05) is 6.42 Å². The first-order valence-electron chi connectivity index (χ1n) is 6.52. The number of nitrogens with zero attached hydrogens (tertiary/aromatic N) is 2. The third kappa shape index (κ3) is 4.29. The Morgan fingerprint density at radius 1 is 1.33 bits per heavy atom. The van der Waals surface area contributed by atoms with Gasteiger partial charge in [-0.3, -0.25) is 0 Å². The highest BCUT2D eigenvalue weighted by Crippen LogP contribution is 2.29. The molecule has 1 saturated carbocycles. The predicted molar refractivity (Wildman–Crippen MR) is 71.5 cm³/mol. The molecule has 1 N–H and O–H groups in total. The van der Waals surface area contributed by atoms with Crippen LogP contribution in [0.5, 0.6) is 0 Å². The Kier molecular flexibility index (Phi) is 4.40. The van der Waals surface area contributed by atoms with Gasteiger partial charge in [0.25, 0.3) is 0 Å². The molecule has 0 spiro atoms. The second-order valence-electron chi connectivity index (χ2n) is 5.22. The van der Waals surface area contributed by atoms with Crippen molar-refractivity contribution in [1.29, 1.82) is 0 Å². The molecule has 0 bridgehead atoms. The summed E-state index contributed by atoms with van der Waals surface area (Å²) in [7, 11) is -3.14. The summed E-state index contributed by atoms with van der Waals surface area (Å²) in [6, 6.07) is 0.563. The van der Waals surface area contributed by atoms with Gasteiger partial charge in [-0.25, -0.2) is 18.4 Å². The highest BCUT2D eigenvalue weighted by molar-refractivity contribution is 7.91. The van der Waals surface area contributed by atoms with Crippen LogP contribution in [0.25, 0.3) is 0 Å². The molecule has 0 aliphatic heterocycles. The molecule has 1 fully saturated rings. The van der Waals surface area contributed by atoms with Crippen molar-refractivity contribution in [2.45, 2.75) is 43.2 Å². The second kappa shape index (κ2) is 5.78. The van der Waals surface area contributed by atoms with Crippen molar-refractivity contribution >= 4 is 15.8 Å². The number of nitrogens with one attached hydrogen (secondary N) is 1. The first-order valence-corrected chi connectivity index (χ1v) is 8.47. The van der Waals surface area contributed by atoms with E-state index in [0.29, 0.717) is 25.7 Å². The maximum absolute atomic E-state index is 12.6. The van der Waals surface area contributed by atoms with Crippen LogP contribution in [0, 0.1) is 0 Å². The van der Waals surface area contributed by atoms with E-state index in [4.69, 9.17) is 0 Å². The van der Waals surface area contributed by atoms with Crippen LogP contribution in [0.4, 0.5) is 19.1 Å². The number of alkyl halides is 3. The zero-order valence-corrected chi connectivity index (χ0v) is 12.2. The van der Waals surface area contributed by atoms with E-state index in [1.54, 1.807) is 0 Å². The van der Waals surface area contributed by atoms with Crippen molar-refractivity contribution in [3.8, 4) is 0 Å². The minimum Gasteiger partial charge on any atom is -0.351 e. The van der Waals surface area contributed by atoms with E-state index in [0.717, 1.165) is 12.3 Å². The van der Waals surface area contributed by atoms with Gasteiger partial charge in [0.2, 0.25) is 5.95 Å². The molecule has 1 aliphatic carbocycles. The van der Waals surface area contributed by atoms with Crippen molar-refractivity contribution < 1.29 is 21.6 Å². The van der Waals surface area contributed by atoms with Crippen LogP contribution in [-0.4, -0.2) is 35.9 Å². The minimum absolute atomic E-state index is 0.121. The van der Waals surface area contributed by atoms with Crippen molar-refractivity contribution in [2.24, 2.45) is 0 Å². The molecular formula is C12H16F3N3O2S. The van der Waals surface area contributed by atoms with Crippen LogP contribution in [0.3, 0.4) is 0 Å². The topological polar surface area (TPSA) is 72.0 Å². The molecule has 0 saturated heterocycles. The highest BCUT2D eigenvalue weighted by Gasteiger charge is 2.33. The van der Waals surface area contributed by atoms with Crippen molar-refractivity contribution in [3.63, 3.8) is 0 Å². The fraction of sp³-hybridized carbons (Fsp3) is 0.667. The molecule has 0 radical (unpaired) electrons. The number of sulfone groups is 1. The Morgan fingerprint density at radius 2 is 2.05 bits per heavy atom. The summed E-state index contributed by atoms with van der Waals surface area (Å²) in [5.74, 6) is -0.121. The minimum atomic E-state index is -4.53. The predicted octanol–water partition coefficient (Wildman–Crippen LogP) is 2.26. The Morgan fingerprint density at radius 3 is 2.67 bits per heavy atom. The van der Waals surface area contributed by atoms with E-state index in [1.165, 1.54) is 6.26 Å². The van der Waals surface area contributed by atoms with Gasteiger partial charge in [-0.15, -0.1) is 0 Å². The van der Waals surface area contributed by atoms with Crippen LogP contribution in [-0.2, 0) is 16.0 Å². The molecule has 2 unspecified atom stereocenters. The van der Waals surface area contributed by atoms with Gasteiger partial charge in [-0.05, 0) is 25.3 Å². The lowest BCUT2D eigenvalue weighted by Crippen LogP contribution is -2.34. The molecule has 1 aliphatic rings. The second-order valence-corrected chi connectivity index (χ2v) is 7.55. The molecule has 0 aromatic carbocycles. The van der Waals surface area contributed by atoms with Gasteiger partial charge in [0.15, 0.2) is 0 Å². The molecule has 2 rings (SSSR count). The number of hydrogen-bond acceptors (Lipinski definition) is 5. The lowest BCUT2D eigenvalue weighted by Gasteiger charge is -2.28. The molecule has 9 heteroatoms. The summed E-state index contributed by atoms with van der Waals surface area (Å²) in [6.45, 7) is 0. The summed E-state index contributed by atoms with van der Waals surface area (Å²) in [4.78, 5) is 7.19. The van der Waals surface area contributed by atoms with Crippen molar-refractivity contribution in [2.75, 3.05) is 11.6 Å². The van der Waals surface area contributed by atoms with E-state index in [-0.39, 0.29) is 12.0 Å². The standard InChI is InChI=1S/C12H16F3N3O2S/c1-21(19,20)9-4-2-3-8(7-9)17-11-16-6-5-10(18-11)12(13,14)15/h5-6,8-9H,2-4,7H2,1H3,(H,16,17,18). The highest BCUT2D eigenvalue weighted by atomic mass is 32.2. The Labute approximate surface area is 120 Å². The average molecular weight is 323 g/mol. The molecule has 1 aromatic heterocycles. The van der Waals surface area contributed by atoms with E-state index in [1.807, 2.05) is 0 Å². The van der Waals surface area contributed by atoms with E-state index >= 15 is 0 Å². The molecule has 21 heavy (non-hydrogen) atoms. The number of anilines is 1. The van der Waals surface area contributed by atoms with E-state index in [2.05, 4.69) is 15.3 Å². The van der Waals surface area contributed by atoms with Gasteiger partial charge in [0.1, 0.15) is 15.5 Å². The molecule has 1 aromatic rings. The summed E-state index contributed by atoms with van der Waals surface area (Å²) in [5.41, 5.74) is -1.02. The van der Waals surface area contributed by atoms with Crippen LogP contribution in [0.2, 0.25) is 0 Å². The van der Waals surface area contributed by atoms with Crippen molar-refractivity contribution in [3.05, 3.63) is 18.0 Å². The number of aromatic nitrogens is 2. The number of rotatable bonds is 3. The van der Waals surface area contributed by atoms with Gasteiger partial charge in [0, 0.05) is 18.5 Å². The summed E-state index contributed by atoms with van der Waals surface area (Å²) >= 11 is 0. The zero-order valence-electron chi connectivity index (χ0n) is 11.4. The van der Waals surface area contributed by atoms with E-state index < -0.39 is 27.0 Å². The molecule has 2 atom stereocenters. The number of hydrogen-bond donors (Lipinski definition) is 1. The Hall–Kier alpha value is -1.38. The van der Waals surface area contributed by atoms with Gasteiger partial charge in [0.05, 0.1) is 5.25 Å². The summed E-state index contributed by atoms with van der Waals surface area (Å²) in [6.07, 6.45) is 0.0238. The molecule has 0 amide bonds.